The van der Waals surface area contributed by atoms with E-state index >= 15 is 0 Å². The third-order valence-electron chi connectivity index (χ3n) is 2.45. The third-order valence-corrected chi connectivity index (χ3v) is 3.37. The van der Waals surface area contributed by atoms with Crippen molar-refractivity contribution in [2.45, 2.75) is 20.0 Å². The average molecular weight is 264 g/mol. The van der Waals surface area contributed by atoms with Gasteiger partial charge in [0.05, 0.1) is 12.0 Å². The number of amides is 1. The highest BCUT2D eigenvalue weighted by Crippen LogP contribution is 2.21. The summed E-state index contributed by atoms with van der Waals surface area (Å²) in [7, 11) is 0. The van der Waals surface area contributed by atoms with Crippen LogP contribution >= 0.6 is 11.3 Å². The van der Waals surface area contributed by atoms with E-state index in [-0.39, 0.29) is 5.91 Å². The van der Waals surface area contributed by atoms with E-state index in [9.17, 15) is 4.79 Å². The van der Waals surface area contributed by atoms with E-state index in [0.29, 0.717) is 0 Å². The Morgan fingerprint density at radius 1 is 1.56 bits per heavy atom. The summed E-state index contributed by atoms with van der Waals surface area (Å²) in [6.07, 6.45) is 5.51. The number of hydrogen-bond acceptors (Lipinski definition) is 4. The Labute approximate surface area is 110 Å². The lowest BCUT2D eigenvalue weighted by atomic mass is 10.3. The summed E-state index contributed by atoms with van der Waals surface area (Å²) in [5.74, 6) is -0.0342. The van der Waals surface area contributed by atoms with Gasteiger partial charge in [-0.2, -0.15) is 0 Å². The quantitative estimate of drug-likeness (QED) is 0.781. The summed E-state index contributed by atoms with van der Waals surface area (Å²) >= 11 is 1.64. The molecule has 2 aromatic rings. The van der Waals surface area contributed by atoms with Gasteiger partial charge in [0.2, 0.25) is 5.91 Å². The van der Waals surface area contributed by atoms with Crippen LogP contribution in [-0.2, 0) is 17.9 Å². The fourth-order valence-electron chi connectivity index (χ4n) is 1.61. The SMILES string of the molecule is CC(=O)Nc1ccsc1CNCCn1ccnc1. The first-order valence-corrected chi connectivity index (χ1v) is 6.64. The van der Waals surface area contributed by atoms with E-state index in [0.717, 1.165) is 30.2 Å². The van der Waals surface area contributed by atoms with Crippen LogP contribution in [0.4, 0.5) is 5.69 Å². The van der Waals surface area contributed by atoms with Gasteiger partial charge in [0.15, 0.2) is 0 Å². The van der Waals surface area contributed by atoms with Crippen molar-refractivity contribution in [1.29, 1.82) is 0 Å². The number of hydrogen-bond donors (Lipinski definition) is 2. The molecule has 2 heterocycles. The molecule has 2 aromatic heterocycles. The summed E-state index contributed by atoms with van der Waals surface area (Å²) in [6, 6.07) is 1.93. The largest absolute Gasteiger partial charge is 0.336 e. The number of nitrogens with one attached hydrogen (secondary N) is 2. The molecule has 0 fully saturated rings. The second-order valence-electron chi connectivity index (χ2n) is 3.92. The number of carbonyl (C=O) groups is 1. The van der Waals surface area contributed by atoms with Gasteiger partial charge in [-0.15, -0.1) is 11.3 Å². The third kappa shape index (κ3) is 3.68. The smallest absolute Gasteiger partial charge is 0.221 e. The number of anilines is 1. The molecule has 96 valence electrons. The maximum absolute atomic E-state index is 11.0. The Hall–Kier alpha value is -1.66. The first kappa shape index (κ1) is 12.8. The van der Waals surface area contributed by atoms with Gasteiger partial charge in [-0.3, -0.25) is 4.79 Å². The molecule has 0 aromatic carbocycles. The van der Waals surface area contributed by atoms with E-state index in [2.05, 4.69) is 15.6 Å². The van der Waals surface area contributed by atoms with Crippen molar-refractivity contribution >= 4 is 22.9 Å². The predicted octanol–water partition coefficient (Wildman–Crippen LogP) is 1.69. The van der Waals surface area contributed by atoms with E-state index in [1.54, 1.807) is 23.9 Å². The first-order chi connectivity index (χ1) is 8.75. The lowest BCUT2D eigenvalue weighted by Gasteiger charge is -2.06. The predicted molar refractivity (Wildman–Crippen MR) is 72.6 cm³/mol. The van der Waals surface area contributed by atoms with Crippen LogP contribution in [0.3, 0.4) is 0 Å². The molecule has 2 N–H and O–H groups in total. The van der Waals surface area contributed by atoms with Crippen LogP contribution in [0.25, 0.3) is 0 Å². The van der Waals surface area contributed by atoms with Gasteiger partial charge >= 0.3 is 0 Å². The molecule has 0 atom stereocenters. The number of imidazole rings is 1. The molecule has 0 aliphatic heterocycles. The molecule has 18 heavy (non-hydrogen) atoms. The molecule has 0 spiro atoms. The molecule has 0 bridgehead atoms. The maximum Gasteiger partial charge on any atom is 0.221 e. The zero-order valence-electron chi connectivity index (χ0n) is 10.2. The molecule has 0 unspecified atom stereocenters. The van der Waals surface area contributed by atoms with Gasteiger partial charge in [0.25, 0.3) is 0 Å². The van der Waals surface area contributed by atoms with Crippen LogP contribution in [0.5, 0.6) is 0 Å². The molecular weight excluding hydrogens is 248 g/mol. The van der Waals surface area contributed by atoms with Gasteiger partial charge < -0.3 is 15.2 Å². The van der Waals surface area contributed by atoms with Crippen LogP contribution in [-0.4, -0.2) is 22.0 Å². The van der Waals surface area contributed by atoms with Crippen molar-refractivity contribution in [2.24, 2.45) is 0 Å². The second-order valence-corrected chi connectivity index (χ2v) is 4.92. The molecule has 5 nitrogen and oxygen atoms in total. The summed E-state index contributed by atoms with van der Waals surface area (Å²) < 4.78 is 2.02. The highest BCUT2D eigenvalue weighted by Gasteiger charge is 2.04. The number of rotatable bonds is 6. The lowest BCUT2D eigenvalue weighted by Crippen LogP contribution is -2.19. The summed E-state index contributed by atoms with van der Waals surface area (Å²) in [6.45, 7) is 4.05. The minimum atomic E-state index is -0.0342. The fourth-order valence-corrected chi connectivity index (χ4v) is 2.41. The Bertz CT molecular complexity index is 492. The minimum absolute atomic E-state index is 0.0342. The Balaban J connectivity index is 1.76. The maximum atomic E-state index is 11.0. The van der Waals surface area contributed by atoms with E-state index in [1.807, 2.05) is 22.2 Å². The molecule has 0 saturated carbocycles. The molecule has 0 radical (unpaired) electrons. The van der Waals surface area contributed by atoms with Crippen LogP contribution in [0.2, 0.25) is 0 Å². The van der Waals surface area contributed by atoms with Crippen LogP contribution in [0.15, 0.2) is 30.2 Å². The van der Waals surface area contributed by atoms with E-state index in [1.165, 1.54) is 6.92 Å². The van der Waals surface area contributed by atoms with Crippen molar-refractivity contribution in [3.8, 4) is 0 Å². The highest BCUT2D eigenvalue weighted by molar-refractivity contribution is 7.10. The Morgan fingerprint density at radius 2 is 2.44 bits per heavy atom. The van der Waals surface area contributed by atoms with Gasteiger partial charge in [0.1, 0.15) is 0 Å². The summed E-state index contributed by atoms with van der Waals surface area (Å²) in [4.78, 5) is 16.1. The Kier molecular flexibility index (Phi) is 4.49. The number of aromatic nitrogens is 2. The Morgan fingerprint density at radius 3 is 3.17 bits per heavy atom. The standard InChI is InChI=1S/C12H16N4OS/c1-10(17)15-11-2-7-18-12(11)8-13-3-5-16-6-4-14-9-16/h2,4,6-7,9,13H,3,5,8H2,1H3,(H,15,17). The van der Waals surface area contributed by atoms with Crippen molar-refractivity contribution in [3.05, 3.63) is 35.0 Å². The van der Waals surface area contributed by atoms with Crippen molar-refractivity contribution < 1.29 is 4.79 Å². The van der Waals surface area contributed by atoms with Gasteiger partial charge in [0, 0.05) is 43.8 Å². The average Bonchev–Trinajstić information content (AvgIpc) is 2.95. The summed E-state index contributed by atoms with van der Waals surface area (Å²) in [5, 5.41) is 8.16. The zero-order valence-corrected chi connectivity index (χ0v) is 11.0. The molecule has 2 rings (SSSR count). The second kappa shape index (κ2) is 6.32. The van der Waals surface area contributed by atoms with Gasteiger partial charge in [-0.1, -0.05) is 0 Å². The van der Waals surface area contributed by atoms with Crippen molar-refractivity contribution in [3.63, 3.8) is 0 Å². The van der Waals surface area contributed by atoms with E-state index < -0.39 is 0 Å². The van der Waals surface area contributed by atoms with Crippen LogP contribution in [0.1, 0.15) is 11.8 Å². The monoisotopic (exact) mass is 264 g/mol. The van der Waals surface area contributed by atoms with Crippen LogP contribution < -0.4 is 10.6 Å². The molecule has 6 heteroatoms. The van der Waals surface area contributed by atoms with Crippen LogP contribution in [0, 0.1) is 0 Å². The molecular formula is C12H16N4OS. The van der Waals surface area contributed by atoms with Gasteiger partial charge in [-0.25, -0.2) is 4.98 Å². The fraction of sp³-hybridized carbons (Fsp3) is 0.333. The minimum Gasteiger partial charge on any atom is -0.336 e. The lowest BCUT2D eigenvalue weighted by molar-refractivity contribution is -0.114. The van der Waals surface area contributed by atoms with Crippen molar-refractivity contribution in [1.82, 2.24) is 14.9 Å². The summed E-state index contributed by atoms with van der Waals surface area (Å²) in [5.41, 5.74) is 0.905. The first-order valence-electron chi connectivity index (χ1n) is 5.76. The zero-order chi connectivity index (χ0) is 12.8. The molecule has 0 saturated heterocycles. The molecule has 0 aliphatic carbocycles. The number of nitrogens with zero attached hydrogens (tertiary/aromatic N) is 2. The van der Waals surface area contributed by atoms with Gasteiger partial charge in [-0.05, 0) is 11.4 Å². The highest BCUT2D eigenvalue weighted by atomic mass is 32.1. The van der Waals surface area contributed by atoms with E-state index in [4.69, 9.17) is 0 Å². The molecule has 1 amide bonds. The number of carbonyl (C=O) groups excluding carboxylic acids is 1. The molecule has 0 aliphatic rings. The topological polar surface area (TPSA) is 59.0 Å². The number of thiophene rings is 1. The normalized spacial score (nSPS) is 10.5. The van der Waals surface area contributed by atoms with Crippen molar-refractivity contribution in [2.75, 3.05) is 11.9 Å².